The number of anilines is 1. The van der Waals surface area contributed by atoms with Gasteiger partial charge in [-0.15, -0.1) is 5.10 Å². The van der Waals surface area contributed by atoms with E-state index in [4.69, 9.17) is 16.3 Å². The van der Waals surface area contributed by atoms with E-state index in [2.05, 4.69) is 20.8 Å². The molecule has 0 aliphatic rings. The van der Waals surface area contributed by atoms with E-state index < -0.39 is 23.5 Å². The molecule has 3 aromatic carbocycles. The average molecular weight is 571 g/mol. The van der Waals surface area contributed by atoms with Gasteiger partial charge in [0.25, 0.3) is 5.56 Å². The van der Waals surface area contributed by atoms with Gasteiger partial charge in [0.05, 0.1) is 24.6 Å². The van der Waals surface area contributed by atoms with E-state index >= 15 is 0 Å². The lowest BCUT2D eigenvalue weighted by Crippen LogP contribution is -2.34. The zero-order valence-electron chi connectivity index (χ0n) is 21.6. The number of pyridine rings is 1. The minimum Gasteiger partial charge on any atom is -0.495 e. The number of nitrogens with zero attached hydrogens (tertiary/aromatic N) is 5. The number of benzene rings is 3. The summed E-state index contributed by atoms with van der Waals surface area (Å²) in [6, 6.07) is 20.5. The Kier molecular flexibility index (Phi) is 7.88. The van der Waals surface area contributed by atoms with E-state index in [-0.39, 0.29) is 12.0 Å². The molecular weight excluding hydrogens is 548 g/mol. The summed E-state index contributed by atoms with van der Waals surface area (Å²) in [6.45, 7) is 0. The number of amides is 1. The van der Waals surface area contributed by atoms with Crippen molar-refractivity contribution >= 4 is 29.2 Å². The van der Waals surface area contributed by atoms with Crippen LogP contribution in [0.3, 0.4) is 0 Å². The van der Waals surface area contributed by atoms with Crippen molar-refractivity contribution in [1.82, 2.24) is 24.8 Å². The molecule has 2 aromatic heterocycles. The number of rotatable bonds is 9. The number of tetrazole rings is 1. The highest BCUT2D eigenvalue weighted by molar-refractivity contribution is 6.31. The molecule has 0 spiro atoms. The molecule has 2 N–H and O–H groups in total. The standard InChI is InChI=1S/C29H23ClN6O5/c1-41-26-16-35(27(37)15-23(26)22-14-20(30)9-12-24(22)36-17-31-33-34-36)25(13-18-5-3-2-4-6-18)28(38)32-21-10-7-19(8-11-21)29(39)40/h2-12,14-17,25H,13H2,1H3,(H,32,38)(H,39,40). The van der Waals surface area contributed by atoms with Crippen LogP contribution in [-0.4, -0.2) is 48.9 Å². The zero-order chi connectivity index (χ0) is 28.9. The van der Waals surface area contributed by atoms with Gasteiger partial charge in [0.15, 0.2) is 0 Å². The van der Waals surface area contributed by atoms with Gasteiger partial charge in [0.1, 0.15) is 18.1 Å². The Hall–Kier alpha value is -5.29. The highest BCUT2D eigenvalue weighted by Crippen LogP contribution is 2.35. The molecule has 0 fully saturated rings. The lowest BCUT2D eigenvalue weighted by Gasteiger charge is -2.22. The number of ether oxygens (including phenoxy) is 1. The van der Waals surface area contributed by atoms with Crippen molar-refractivity contribution in [2.24, 2.45) is 0 Å². The minimum atomic E-state index is -1.08. The summed E-state index contributed by atoms with van der Waals surface area (Å²) in [7, 11) is 1.46. The topological polar surface area (TPSA) is 141 Å². The van der Waals surface area contributed by atoms with Crippen LogP contribution in [0.5, 0.6) is 5.75 Å². The van der Waals surface area contributed by atoms with Crippen LogP contribution in [-0.2, 0) is 11.2 Å². The number of carbonyl (C=O) groups excluding carboxylic acids is 1. The number of methoxy groups -OCH3 is 1. The molecule has 0 saturated heterocycles. The number of carboxylic acid groups (broad SMARTS) is 1. The van der Waals surface area contributed by atoms with Gasteiger partial charge in [-0.3, -0.25) is 14.2 Å². The number of hydrogen-bond acceptors (Lipinski definition) is 7. The number of aromatic carboxylic acids is 1. The van der Waals surface area contributed by atoms with Gasteiger partial charge in [-0.1, -0.05) is 41.9 Å². The van der Waals surface area contributed by atoms with Gasteiger partial charge in [0.2, 0.25) is 5.91 Å². The van der Waals surface area contributed by atoms with Gasteiger partial charge in [-0.2, -0.15) is 4.68 Å². The third-order valence-corrected chi connectivity index (χ3v) is 6.65. The Morgan fingerprint density at radius 1 is 1.02 bits per heavy atom. The summed E-state index contributed by atoms with van der Waals surface area (Å²) < 4.78 is 8.45. The van der Waals surface area contributed by atoms with Crippen LogP contribution in [0.1, 0.15) is 22.0 Å². The Labute approximate surface area is 238 Å². The van der Waals surface area contributed by atoms with Crippen LogP contribution in [0, 0.1) is 0 Å². The van der Waals surface area contributed by atoms with Gasteiger partial charge in [0, 0.05) is 34.3 Å². The van der Waals surface area contributed by atoms with E-state index in [0.29, 0.717) is 33.3 Å². The first kappa shape index (κ1) is 27.3. The molecule has 1 amide bonds. The van der Waals surface area contributed by atoms with Gasteiger partial charge in [-0.05, 0) is 58.5 Å². The molecule has 5 rings (SSSR count). The van der Waals surface area contributed by atoms with E-state index in [1.807, 2.05) is 30.3 Å². The number of aromatic nitrogens is 5. The minimum absolute atomic E-state index is 0.0856. The predicted molar refractivity (Wildman–Crippen MR) is 152 cm³/mol. The molecule has 0 saturated carbocycles. The lowest BCUT2D eigenvalue weighted by molar-refractivity contribution is -0.119. The molecule has 11 nitrogen and oxygen atoms in total. The zero-order valence-corrected chi connectivity index (χ0v) is 22.4. The highest BCUT2D eigenvalue weighted by atomic mass is 35.5. The van der Waals surface area contributed by atoms with Crippen LogP contribution in [0.4, 0.5) is 5.69 Å². The fraction of sp³-hybridized carbons (Fsp3) is 0.103. The first-order valence-electron chi connectivity index (χ1n) is 12.4. The van der Waals surface area contributed by atoms with Crippen molar-refractivity contribution in [3.8, 4) is 22.6 Å². The first-order chi connectivity index (χ1) is 19.8. The summed E-state index contributed by atoms with van der Waals surface area (Å²) in [5.41, 5.74) is 2.40. The Morgan fingerprint density at radius 2 is 1.78 bits per heavy atom. The maximum Gasteiger partial charge on any atom is 0.335 e. The SMILES string of the molecule is COc1cn(C(Cc2ccccc2)C(=O)Nc2ccc(C(=O)O)cc2)c(=O)cc1-c1cc(Cl)ccc1-n1cnnn1. The summed E-state index contributed by atoms with van der Waals surface area (Å²) in [5, 5.41) is 23.7. The second kappa shape index (κ2) is 11.8. The molecule has 1 unspecified atom stereocenters. The van der Waals surface area contributed by atoms with Gasteiger partial charge >= 0.3 is 5.97 Å². The molecule has 0 radical (unpaired) electrons. The molecule has 12 heteroatoms. The smallest absolute Gasteiger partial charge is 0.335 e. The van der Waals surface area contributed by atoms with E-state index in [1.54, 1.807) is 18.2 Å². The van der Waals surface area contributed by atoms with E-state index in [0.717, 1.165) is 5.56 Å². The van der Waals surface area contributed by atoms with Gasteiger partial charge in [-0.25, -0.2) is 4.79 Å². The second-order valence-electron chi connectivity index (χ2n) is 8.99. The second-order valence-corrected chi connectivity index (χ2v) is 9.43. The van der Waals surface area contributed by atoms with Crippen molar-refractivity contribution in [3.63, 3.8) is 0 Å². The van der Waals surface area contributed by atoms with Crippen LogP contribution in [0.2, 0.25) is 5.02 Å². The predicted octanol–water partition coefficient (Wildman–Crippen LogP) is 4.27. The number of halogens is 1. The number of nitrogens with one attached hydrogen (secondary N) is 1. The van der Waals surface area contributed by atoms with Crippen LogP contribution in [0.25, 0.3) is 16.8 Å². The summed E-state index contributed by atoms with van der Waals surface area (Å²) in [4.78, 5) is 38.5. The average Bonchev–Trinajstić information content (AvgIpc) is 3.51. The van der Waals surface area contributed by atoms with Crippen LogP contribution >= 0.6 is 11.6 Å². The highest BCUT2D eigenvalue weighted by Gasteiger charge is 2.25. The Bertz CT molecular complexity index is 1760. The van der Waals surface area contributed by atoms with Crippen molar-refractivity contribution in [2.45, 2.75) is 12.5 Å². The van der Waals surface area contributed by atoms with Crippen molar-refractivity contribution in [2.75, 3.05) is 12.4 Å². The normalized spacial score (nSPS) is 11.6. The number of hydrogen-bond donors (Lipinski definition) is 2. The maximum absolute atomic E-state index is 13.7. The van der Waals surface area contributed by atoms with E-state index in [1.165, 1.54) is 59.2 Å². The molecule has 0 aliphatic carbocycles. The Balaban J connectivity index is 1.58. The molecule has 5 aromatic rings. The quantitative estimate of drug-likeness (QED) is 0.267. The largest absolute Gasteiger partial charge is 0.495 e. The molecule has 0 bridgehead atoms. The fourth-order valence-corrected chi connectivity index (χ4v) is 4.59. The lowest BCUT2D eigenvalue weighted by atomic mass is 10.0. The number of carboxylic acids is 1. The molecule has 2 heterocycles. The fourth-order valence-electron chi connectivity index (χ4n) is 4.42. The third-order valence-electron chi connectivity index (χ3n) is 6.42. The molecular formula is C29H23ClN6O5. The first-order valence-corrected chi connectivity index (χ1v) is 12.7. The van der Waals surface area contributed by atoms with Crippen LogP contribution < -0.4 is 15.6 Å². The number of carbonyl (C=O) groups is 2. The maximum atomic E-state index is 13.7. The summed E-state index contributed by atoms with van der Waals surface area (Å²) in [5.74, 6) is -1.23. The molecule has 1 atom stereocenters. The molecule has 41 heavy (non-hydrogen) atoms. The monoisotopic (exact) mass is 570 g/mol. The molecule has 206 valence electrons. The third kappa shape index (κ3) is 5.99. The van der Waals surface area contributed by atoms with Gasteiger partial charge < -0.3 is 15.2 Å². The van der Waals surface area contributed by atoms with Crippen molar-refractivity contribution in [3.05, 3.63) is 118 Å². The van der Waals surface area contributed by atoms with Crippen LogP contribution in [0.15, 0.2) is 96.2 Å². The van der Waals surface area contributed by atoms with Crippen molar-refractivity contribution < 1.29 is 19.4 Å². The summed E-state index contributed by atoms with van der Waals surface area (Å²) in [6.07, 6.45) is 3.11. The van der Waals surface area contributed by atoms with Crippen molar-refractivity contribution in [1.29, 1.82) is 0 Å². The van der Waals surface area contributed by atoms with E-state index in [9.17, 15) is 19.5 Å². The molecule has 0 aliphatic heterocycles. The summed E-state index contributed by atoms with van der Waals surface area (Å²) >= 11 is 6.31. The Morgan fingerprint density at radius 3 is 2.44 bits per heavy atom.